The van der Waals surface area contributed by atoms with Crippen molar-refractivity contribution < 1.29 is 4.74 Å². The fourth-order valence-corrected chi connectivity index (χ4v) is 3.71. The number of fused-ring (bicyclic) bond motifs is 1. The predicted octanol–water partition coefficient (Wildman–Crippen LogP) is 3.76. The zero-order chi connectivity index (χ0) is 13.9. The van der Waals surface area contributed by atoms with E-state index in [1.165, 1.54) is 16.7 Å². The van der Waals surface area contributed by atoms with E-state index in [-0.39, 0.29) is 0 Å². The second-order valence-corrected chi connectivity index (χ2v) is 6.52. The van der Waals surface area contributed by atoms with Crippen molar-refractivity contribution in [1.82, 2.24) is 10.3 Å². The first-order chi connectivity index (χ1) is 9.78. The number of hydrogen-bond donors (Lipinski definition) is 1. The molecule has 0 aliphatic carbocycles. The van der Waals surface area contributed by atoms with E-state index in [0.29, 0.717) is 18.1 Å². The summed E-state index contributed by atoms with van der Waals surface area (Å²) < 4.78 is 7.02. The Hall–Kier alpha value is -0.970. The molecule has 1 saturated heterocycles. The Kier molecular flexibility index (Phi) is 4.34. The van der Waals surface area contributed by atoms with Crippen molar-refractivity contribution >= 4 is 21.6 Å². The van der Waals surface area contributed by atoms with Crippen molar-refractivity contribution in [2.45, 2.75) is 38.8 Å². The van der Waals surface area contributed by atoms with Crippen molar-refractivity contribution in [3.05, 3.63) is 29.3 Å². The monoisotopic (exact) mass is 290 g/mol. The van der Waals surface area contributed by atoms with E-state index in [2.05, 4.69) is 41.7 Å². The summed E-state index contributed by atoms with van der Waals surface area (Å²) in [6.45, 7) is 6.37. The summed E-state index contributed by atoms with van der Waals surface area (Å²) >= 11 is 1.76. The molecule has 108 valence electrons. The van der Waals surface area contributed by atoms with Gasteiger partial charge in [0.1, 0.15) is 0 Å². The number of pyridine rings is 1. The molecular weight excluding hydrogens is 268 g/mol. The molecule has 0 saturated carbocycles. The first kappa shape index (κ1) is 14.0. The zero-order valence-electron chi connectivity index (χ0n) is 12.1. The van der Waals surface area contributed by atoms with Gasteiger partial charge in [0.15, 0.2) is 0 Å². The Labute approximate surface area is 124 Å². The maximum Gasteiger partial charge on any atom is 0.0809 e. The van der Waals surface area contributed by atoms with Gasteiger partial charge in [-0.25, -0.2) is 0 Å². The Morgan fingerprint density at radius 1 is 1.55 bits per heavy atom. The van der Waals surface area contributed by atoms with Crippen molar-refractivity contribution in [2.24, 2.45) is 5.92 Å². The van der Waals surface area contributed by atoms with Gasteiger partial charge < -0.3 is 10.1 Å². The van der Waals surface area contributed by atoms with Crippen LogP contribution in [-0.4, -0.2) is 24.2 Å². The first-order valence-electron chi connectivity index (χ1n) is 7.46. The Balaban J connectivity index is 1.62. The van der Waals surface area contributed by atoms with Crippen molar-refractivity contribution in [3.63, 3.8) is 0 Å². The van der Waals surface area contributed by atoms with Crippen LogP contribution in [0.2, 0.25) is 0 Å². The molecule has 1 aliphatic rings. The third kappa shape index (κ3) is 2.87. The molecule has 3 rings (SSSR count). The molecule has 3 nitrogen and oxygen atoms in total. The number of nitrogens with one attached hydrogen (secondary N) is 1. The summed E-state index contributed by atoms with van der Waals surface area (Å²) in [5.74, 6) is 0.654. The maximum atomic E-state index is 5.75. The number of ether oxygens (including phenoxy) is 1. The maximum absolute atomic E-state index is 5.75. The van der Waals surface area contributed by atoms with Gasteiger partial charge in [0.2, 0.25) is 0 Å². The van der Waals surface area contributed by atoms with Gasteiger partial charge in [-0.05, 0) is 48.8 Å². The van der Waals surface area contributed by atoms with Crippen molar-refractivity contribution in [2.75, 3.05) is 13.2 Å². The molecule has 3 heterocycles. The molecule has 0 bridgehead atoms. The molecule has 0 spiro atoms. The molecule has 3 atom stereocenters. The van der Waals surface area contributed by atoms with Gasteiger partial charge in [-0.3, -0.25) is 4.98 Å². The van der Waals surface area contributed by atoms with Gasteiger partial charge in [-0.1, -0.05) is 6.92 Å². The molecular formula is C16H22N2OS. The second-order valence-electron chi connectivity index (χ2n) is 5.57. The number of rotatable bonds is 5. The summed E-state index contributed by atoms with van der Waals surface area (Å²) in [6, 6.07) is 4.67. The standard InChI is InChI=1S/C16H22N2OS/c1-3-15-12(4-6-19-15)9-17-11(2)13-8-16-14(18-10-13)5-7-20-16/h5,7-8,10-12,15,17H,3-4,6,9H2,1-2H3. The summed E-state index contributed by atoms with van der Waals surface area (Å²) in [6.07, 6.45) is 4.73. The third-order valence-electron chi connectivity index (χ3n) is 4.26. The summed E-state index contributed by atoms with van der Waals surface area (Å²) in [7, 11) is 0. The summed E-state index contributed by atoms with van der Waals surface area (Å²) in [5, 5.41) is 5.75. The van der Waals surface area contributed by atoms with E-state index >= 15 is 0 Å². The average Bonchev–Trinajstić information content (AvgIpc) is 3.12. The third-order valence-corrected chi connectivity index (χ3v) is 5.11. The predicted molar refractivity (Wildman–Crippen MR) is 84.2 cm³/mol. The van der Waals surface area contributed by atoms with Crippen LogP contribution < -0.4 is 5.32 Å². The molecule has 4 heteroatoms. The van der Waals surface area contributed by atoms with E-state index in [1.807, 2.05) is 6.20 Å². The largest absolute Gasteiger partial charge is 0.378 e. The zero-order valence-corrected chi connectivity index (χ0v) is 13.0. The highest BCUT2D eigenvalue weighted by Crippen LogP contribution is 2.25. The number of nitrogens with zero attached hydrogens (tertiary/aromatic N) is 1. The lowest BCUT2D eigenvalue weighted by Crippen LogP contribution is -2.30. The smallest absolute Gasteiger partial charge is 0.0809 e. The Morgan fingerprint density at radius 3 is 3.30 bits per heavy atom. The quantitative estimate of drug-likeness (QED) is 0.910. The molecule has 1 N–H and O–H groups in total. The van der Waals surface area contributed by atoms with Crippen LogP contribution in [0.3, 0.4) is 0 Å². The van der Waals surface area contributed by atoms with Crippen LogP contribution >= 0.6 is 11.3 Å². The van der Waals surface area contributed by atoms with Crippen LogP contribution in [-0.2, 0) is 4.74 Å². The van der Waals surface area contributed by atoms with Crippen LogP contribution in [0.25, 0.3) is 10.2 Å². The molecule has 3 unspecified atom stereocenters. The van der Waals surface area contributed by atoms with Gasteiger partial charge in [-0.2, -0.15) is 0 Å². The molecule has 20 heavy (non-hydrogen) atoms. The fourth-order valence-electron chi connectivity index (χ4n) is 2.92. The number of thiophene rings is 1. The van der Waals surface area contributed by atoms with E-state index in [4.69, 9.17) is 4.74 Å². The van der Waals surface area contributed by atoms with Gasteiger partial charge in [0.25, 0.3) is 0 Å². The molecule has 1 aliphatic heterocycles. The van der Waals surface area contributed by atoms with Crippen LogP contribution in [0.15, 0.2) is 23.7 Å². The molecule has 0 amide bonds. The first-order valence-corrected chi connectivity index (χ1v) is 8.34. The minimum Gasteiger partial charge on any atom is -0.378 e. The summed E-state index contributed by atoms with van der Waals surface area (Å²) in [4.78, 5) is 4.52. The number of aromatic nitrogens is 1. The molecule has 1 fully saturated rings. The molecule has 2 aromatic heterocycles. The van der Waals surface area contributed by atoms with E-state index < -0.39 is 0 Å². The normalized spacial score (nSPS) is 24.3. The number of hydrogen-bond acceptors (Lipinski definition) is 4. The minimum atomic E-state index is 0.340. The molecule has 2 aromatic rings. The van der Waals surface area contributed by atoms with Crippen molar-refractivity contribution in [3.8, 4) is 0 Å². The van der Waals surface area contributed by atoms with Crippen LogP contribution in [0.5, 0.6) is 0 Å². The van der Waals surface area contributed by atoms with Gasteiger partial charge in [0.05, 0.1) is 16.3 Å². The average molecular weight is 290 g/mol. The van der Waals surface area contributed by atoms with Crippen LogP contribution in [0.4, 0.5) is 0 Å². The van der Waals surface area contributed by atoms with Crippen LogP contribution in [0.1, 0.15) is 38.3 Å². The van der Waals surface area contributed by atoms with Gasteiger partial charge >= 0.3 is 0 Å². The Morgan fingerprint density at radius 2 is 2.45 bits per heavy atom. The fraction of sp³-hybridized carbons (Fsp3) is 0.562. The van der Waals surface area contributed by atoms with Gasteiger partial charge in [-0.15, -0.1) is 11.3 Å². The highest BCUT2D eigenvalue weighted by molar-refractivity contribution is 7.17. The highest BCUT2D eigenvalue weighted by Gasteiger charge is 2.26. The van der Waals surface area contributed by atoms with E-state index in [0.717, 1.165) is 25.1 Å². The lowest BCUT2D eigenvalue weighted by molar-refractivity contribution is 0.0867. The topological polar surface area (TPSA) is 34.1 Å². The van der Waals surface area contributed by atoms with Gasteiger partial charge in [0, 0.05) is 25.4 Å². The lowest BCUT2D eigenvalue weighted by atomic mass is 9.99. The second kappa shape index (κ2) is 6.20. The lowest BCUT2D eigenvalue weighted by Gasteiger charge is -2.20. The van der Waals surface area contributed by atoms with Crippen LogP contribution in [0, 0.1) is 5.92 Å². The molecule has 0 radical (unpaired) electrons. The minimum absolute atomic E-state index is 0.340. The van der Waals surface area contributed by atoms with E-state index in [9.17, 15) is 0 Å². The summed E-state index contributed by atoms with van der Waals surface area (Å²) in [5.41, 5.74) is 2.37. The molecule has 0 aromatic carbocycles. The SMILES string of the molecule is CCC1OCCC1CNC(C)c1cnc2ccsc2c1. The highest BCUT2D eigenvalue weighted by atomic mass is 32.1. The van der Waals surface area contributed by atoms with Crippen molar-refractivity contribution in [1.29, 1.82) is 0 Å². The Bertz CT molecular complexity index is 568. The van der Waals surface area contributed by atoms with E-state index in [1.54, 1.807) is 11.3 Å².